The topological polar surface area (TPSA) is 107 Å². The fraction of sp³-hybridized carbons (Fsp3) is 0.286. The minimum Gasteiger partial charge on any atom is -0.466 e. The molecule has 4 aromatic rings. The van der Waals surface area contributed by atoms with Gasteiger partial charge in [-0.25, -0.2) is 14.1 Å². The third-order valence-corrected chi connectivity index (χ3v) is 6.85. The molecule has 2 N–H and O–H groups in total. The molecule has 7 nitrogen and oxygen atoms in total. The molecule has 0 atom stereocenters. The number of aromatic nitrogens is 3. The quantitative estimate of drug-likeness (QED) is 0.368. The number of carbonyl (C=O) groups is 1. The summed E-state index contributed by atoms with van der Waals surface area (Å²) >= 11 is 0. The van der Waals surface area contributed by atoms with Crippen LogP contribution in [0.4, 0.5) is 10.2 Å². The largest absolute Gasteiger partial charge is 0.466 e. The third-order valence-electron chi connectivity index (χ3n) is 6.85. The van der Waals surface area contributed by atoms with Crippen LogP contribution < -0.4 is 5.73 Å². The van der Waals surface area contributed by atoms with Crippen molar-refractivity contribution in [2.75, 3.05) is 12.3 Å². The van der Waals surface area contributed by atoms with E-state index >= 15 is 4.39 Å². The number of carbonyl (C=O) groups excluding carboxylic acids is 1. The van der Waals surface area contributed by atoms with Crippen molar-refractivity contribution in [3.8, 4) is 28.6 Å². The van der Waals surface area contributed by atoms with E-state index in [2.05, 4.69) is 16.2 Å². The zero-order valence-corrected chi connectivity index (χ0v) is 19.9. The first kappa shape index (κ1) is 23.5. The van der Waals surface area contributed by atoms with E-state index in [9.17, 15) is 10.1 Å². The number of nitriles is 1. The van der Waals surface area contributed by atoms with Gasteiger partial charge in [-0.15, -0.1) is 0 Å². The first-order valence-electron chi connectivity index (χ1n) is 12.1. The van der Waals surface area contributed by atoms with Crippen molar-refractivity contribution >= 4 is 22.7 Å². The van der Waals surface area contributed by atoms with Crippen LogP contribution >= 0.6 is 0 Å². The van der Waals surface area contributed by atoms with Crippen LogP contribution in [-0.4, -0.2) is 27.3 Å². The standard InChI is InChI=1S/C28H26FN5O2/c1-2-36-28(35)19-8-12-20(13-9-19)34-27(31)22(16-30)26(33-34)21-14-10-18-11-15-23(32-25(18)24(21)29)17-6-4-3-5-7-17/h3-7,10-11,14-15,19-20H,2,8-9,12-13,31H2,1H3. The van der Waals surface area contributed by atoms with Gasteiger partial charge >= 0.3 is 5.97 Å². The lowest BCUT2D eigenvalue weighted by Crippen LogP contribution is -2.26. The maximum atomic E-state index is 15.8. The monoisotopic (exact) mass is 483 g/mol. The number of esters is 1. The van der Waals surface area contributed by atoms with Gasteiger partial charge in [0.05, 0.1) is 24.3 Å². The predicted molar refractivity (Wildman–Crippen MR) is 135 cm³/mol. The van der Waals surface area contributed by atoms with Crippen molar-refractivity contribution in [1.82, 2.24) is 14.8 Å². The van der Waals surface area contributed by atoms with E-state index in [1.54, 1.807) is 23.7 Å². The molecule has 0 amide bonds. The Labute approximate surface area is 208 Å². The molecule has 0 spiro atoms. The summed E-state index contributed by atoms with van der Waals surface area (Å²) in [6, 6.07) is 18.7. The van der Waals surface area contributed by atoms with Crippen molar-refractivity contribution in [2.24, 2.45) is 5.92 Å². The summed E-state index contributed by atoms with van der Waals surface area (Å²) in [6.07, 6.45) is 2.64. The van der Waals surface area contributed by atoms with Gasteiger partial charge in [0.1, 0.15) is 28.7 Å². The van der Waals surface area contributed by atoms with E-state index in [0.717, 1.165) is 5.56 Å². The Morgan fingerprint density at radius 1 is 1.14 bits per heavy atom. The molecule has 0 saturated heterocycles. The van der Waals surface area contributed by atoms with E-state index < -0.39 is 5.82 Å². The summed E-state index contributed by atoms with van der Waals surface area (Å²) in [5.74, 6) is -0.658. The summed E-state index contributed by atoms with van der Waals surface area (Å²) in [6.45, 7) is 2.15. The molecule has 0 radical (unpaired) electrons. The zero-order chi connectivity index (χ0) is 25.2. The molecule has 2 heterocycles. The number of fused-ring (bicyclic) bond motifs is 1. The zero-order valence-electron chi connectivity index (χ0n) is 19.9. The van der Waals surface area contributed by atoms with E-state index in [1.165, 1.54) is 0 Å². The van der Waals surface area contributed by atoms with Gasteiger partial charge in [-0.3, -0.25) is 4.79 Å². The van der Waals surface area contributed by atoms with Crippen molar-refractivity contribution in [3.63, 3.8) is 0 Å². The lowest BCUT2D eigenvalue weighted by atomic mass is 9.86. The number of halogens is 1. The van der Waals surface area contributed by atoms with Gasteiger partial charge in [-0.2, -0.15) is 10.4 Å². The maximum absolute atomic E-state index is 15.8. The Kier molecular flexibility index (Phi) is 6.38. The average molecular weight is 484 g/mol. The summed E-state index contributed by atoms with van der Waals surface area (Å²) in [5, 5.41) is 15.1. The van der Waals surface area contributed by atoms with Gasteiger partial charge in [0.2, 0.25) is 0 Å². The Bertz CT molecular complexity index is 1470. The van der Waals surface area contributed by atoms with E-state index in [1.807, 2.05) is 42.5 Å². The molecule has 2 aromatic heterocycles. The number of rotatable bonds is 5. The third kappa shape index (κ3) is 4.17. The van der Waals surface area contributed by atoms with Crippen LogP contribution in [0.5, 0.6) is 0 Å². The van der Waals surface area contributed by atoms with Crippen LogP contribution in [0.2, 0.25) is 0 Å². The van der Waals surface area contributed by atoms with Crippen LogP contribution in [0.3, 0.4) is 0 Å². The van der Waals surface area contributed by atoms with Gasteiger partial charge in [-0.1, -0.05) is 42.5 Å². The molecule has 2 aromatic carbocycles. The van der Waals surface area contributed by atoms with Crippen molar-refractivity contribution in [2.45, 2.75) is 38.6 Å². The van der Waals surface area contributed by atoms with Gasteiger partial charge in [0, 0.05) is 16.5 Å². The van der Waals surface area contributed by atoms with Gasteiger partial charge in [0.15, 0.2) is 5.82 Å². The molecule has 1 aliphatic rings. The van der Waals surface area contributed by atoms with E-state index in [0.29, 0.717) is 43.4 Å². The molecular weight excluding hydrogens is 457 g/mol. The highest BCUT2D eigenvalue weighted by atomic mass is 19.1. The number of hydrogen-bond donors (Lipinski definition) is 1. The summed E-state index contributed by atoms with van der Waals surface area (Å²) in [4.78, 5) is 16.7. The van der Waals surface area contributed by atoms with Crippen molar-refractivity contribution in [3.05, 3.63) is 66.0 Å². The number of nitrogens with zero attached hydrogens (tertiary/aromatic N) is 4. The van der Waals surface area contributed by atoms with Crippen LogP contribution in [0.15, 0.2) is 54.6 Å². The summed E-state index contributed by atoms with van der Waals surface area (Å²) in [5.41, 5.74) is 8.61. The number of hydrogen-bond acceptors (Lipinski definition) is 6. The van der Waals surface area contributed by atoms with Crippen molar-refractivity contribution in [1.29, 1.82) is 5.26 Å². The van der Waals surface area contributed by atoms with Gasteiger partial charge in [0.25, 0.3) is 0 Å². The average Bonchev–Trinajstić information content (AvgIpc) is 3.25. The molecular formula is C28H26FN5O2. The molecule has 182 valence electrons. The van der Waals surface area contributed by atoms with Gasteiger partial charge in [-0.05, 0) is 44.7 Å². The second-order valence-corrected chi connectivity index (χ2v) is 8.98. The highest BCUT2D eigenvalue weighted by molar-refractivity contribution is 5.88. The molecule has 5 rings (SSSR count). The summed E-state index contributed by atoms with van der Waals surface area (Å²) < 4.78 is 22.6. The lowest BCUT2D eigenvalue weighted by Gasteiger charge is -2.27. The molecule has 1 saturated carbocycles. The van der Waals surface area contributed by atoms with Crippen LogP contribution in [0.25, 0.3) is 33.4 Å². The van der Waals surface area contributed by atoms with Crippen molar-refractivity contribution < 1.29 is 13.9 Å². The number of pyridine rings is 1. The van der Waals surface area contributed by atoms with Crippen LogP contribution in [-0.2, 0) is 9.53 Å². The predicted octanol–water partition coefficient (Wildman–Crippen LogP) is 5.65. The molecule has 0 aliphatic heterocycles. The highest BCUT2D eigenvalue weighted by Crippen LogP contribution is 2.38. The number of anilines is 1. The normalized spacial score (nSPS) is 17.6. The first-order chi connectivity index (χ1) is 17.5. The second-order valence-electron chi connectivity index (χ2n) is 8.98. The minimum absolute atomic E-state index is 0.0807. The molecule has 0 bridgehead atoms. The number of nitrogens with two attached hydrogens (primary N) is 1. The smallest absolute Gasteiger partial charge is 0.308 e. The molecule has 0 unspecified atom stereocenters. The van der Waals surface area contributed by atoms with Gasteiger partial charge < -0.3 is 10.5 Å². The molecule has 1 aliphatic carbocycles. The Morgan fingerprint density at radius 3 is 2.56 bits per heavy atom. The number of ether oxygens (including phenoxy) is 1. The van der Waals surface area contributed by atoms with Crippen LogP contribution in [0, 0.1) is 23.1 Å². The number of nitrogen functional groups attached to an aromatic ring is 1. The fourth-order valence-corrected chi connectivity index (χ4v) is 4.95. The lowest BCUT2D eigenvalue weighted by molar-refractivity contribution is -0.149. The molecule has 36 heavy (non-hydrogen) atoms. The Balaban J connectivity index is 1.51. The molecule has 8 heteroatoms. The SMILES string of the molecule is CCOC(=O)C1CCC(n2nc(-c3ccc4ccc(-c5ccccc5)nc4c3F)c(C#N)c2N)CC1. The first-order valence-corrected chi connectivity index (χ1v) is 12.1. The Hall–Kier alpha value is -4.25. The summed E-state index contributed by atoms with van der Waals surface area (Å²) in [7, 11) is 0. The fourth-order valence-electron chi connectivity index (χ4n) is 4.95. The van der Waals surface area contributed by atoms with E-state index in [4.69, 9.17) is 10.5 Å². The molecule has 1 fully saturated rings. The Morgan fingerprint density at radius 2 is 1.86 bits per heavy atom. The second kappa shape index (κ2) is 9.78. The number of benzene rings is 2. The van der Waals surface area contributed by atoms with Crippen LogP contribution in [0.1, 0.15) is 44.2 Å². The van der Waals surface area contributed by atoms with E-state index in [-0.39, 0.29) is 46.1 Å². The maximum Gasteiger partial charge on any atom is 0.308 e. The minimum atomic E-state index is -0.544. The highest BCUT2D eigenvalue weighted by Gasteiger charge is 2.31.